The normalized spacial score (nSPS) is 29.4. The Kier molecular flexibility index (Phi) is 6.85. The van der Waals surface area contributed by atoms with Crippen molar-refractivity contribution < 1.29 is 19.1 Å². The van der Waals surface area contributed by atoms with Gasteiger partial charge in [-0.15, -0.1) is 0 Å². The first-order valence-corrected chi connectivity index (χ1v) is 9.61. The van der Waals surface area contributed by atoms with Crippen molar-refractivity contribution in [2.24, 2.45) is 5.92 Å². The molecular weight excluding hydrogens is 328 g/mol. The minimum absolute atomic E-state index is 0.0728. The second kappa shape index (κ2) is 8.70. The van der Waals surface area contributed by atoms with Crippen molar-refractivity contribution in [2.45, 2.75) is 84.8 Å². The lowest BCUT2D eigenvalue weighted by molar-refractivity contribution is -0.165. The molecule has 0 N–H and O–H groups in total. The molecule has 26 heavy (non-hydrogen) atoms. The van der Waals surface area contributed by atoms with Crippen LogP contribution >= 0.6 is 0 Å². The molecule has 0 aromatic carbocycles. The first-order valence-electron chi connectivity index (χ1n) is 9.61. The Morgan fingerprint density at radius 1 is 1.12 bits per heavy atom. The van der Waals surface area contributed by atoms with Crippen LogP contribution < -0.4 is 0 Å². The van der Waals surface area contributed by atoms with Crippen molar-refractivity contribution in [1.29, 1.82) is 0 Å². The summed E-state index contributed by atoms with van der Waals surface area (Å²) in [7, 11) is 0. The predicted molar refractivity (Wildman–Crippen MR) is 103 cm³/mol. The molecule has 2 atom stereocenters. The molecule has 0 spiro atoms. The maximum atomic E-state index is 12.3. The molecule has 0 saturated carbocycles. The van der Waals surface area contributed by atoms with Crippen LogP contribution in [-0.2, 0) is 19.1 Å². The van der Waals surface area contributed by atoms with Crippen LogP contribution in [0.1, 0.15) is 73.1 Å². The molecule has 0 fully saturated rings. The number of carbonyl (C=O) groups excluding carboxylic acids is 2. The standard InChI is InChI=1S/C22H32O4/c1-15-8-6-9-16(2)12-13-19(22(4,5)26-17(3)23)20-14-18(11-7-10-15)21(24)25-20/h9-10,14,19-20H,6-8,11-13H2,1-5H3/b15-10-,16-9-/t19-,20-/m0/s1. The van der Waals surface area contributed by atoms with Gasteiger partial charge in [-0.3, -0.25) is 4.79 Å². The van der Waals surface area contributed by atoms with E-state index in [4.69, 9.17) is 9.47 Å². The quantitative estimate of drug-likeness (QED) is 0.511. The van der Waals surface area contributed by atoms with Crippen molar-refractivity contribution >= 4 is 11.9 Å². The molecule has 0 aromatic heterocycles. The van der Waals surface area contributed by atoms with E-state index in [0.717, 1.165) is 37.7 Å². The van der Waals surface area contributed by atoms with Crippen LogP contribution in [0, 0.1) is 5.92 Å². The van der Waals surface area contributed by atoms with Gasteiger partial charge in [-0.1, -0.05) is 23.3 Å². The summed E-state index contributed by atoms with van der Waals surface area (Å²) < 4.78 is 11.3. The number of esters is 2. The van der Waals surface area contributed by atoms with Gasteiger partial charge in [0.05, 0.1) is 0 Å². The number of ether oxygens (including phenoxy) is 2. The second-order valence-electron chi connectivity index (χ2n) is 8.08. The number of hydrogen-bond donors (Lipinski definition) is 0. The lowest BCUT2D eigenvalue weighted by Crippen LogP contribution is -2.42. The van der Waals surface area contributed by atoms with Crippen molar-refractivity contribution in [3.8, 4) is 0 Å². The molecule has 4 heteroatoms. The summed E-state index contributed by atoms with van der Waals surface area (Å²) in [4.78, 5) is 23.9. The predicted octanol–water partition coefficient (Wildman–Crippen LogP) is 5.04. The van der Waals surface area contributed by atoms with Crippen LogP contribution in [0.3, 0.4) is 0 Å². The Balaban J connectivity index is 2.30. The topological polar surface area (TPSA) is 52.6 Å². The highest BCUT2D eigenvalue weighted by atomic mass is 16.6. The Bertz CT molecular complexity index is 637. The highest BCUT2D eigenvalue weighted by Gasteiger charge is 2.42. The number of fused-ring (bicyclic) bond motifs is 1. The fraction of sp³-hybridized carbons (Fsp3) is 0.636. The van der Waals surface area contributed by atoms with Crippen LogP contribution in [0.2, 0.25) is 0 Å². The molecular formula is C22H32O4. The first kappa shape index (κ1) is 20.5. The molecule has 1 aliphatic heterocycles. The zero-order valence-electron chi connectivity index (χ0n) is 16.8. The monoisotopic (exact) mass is 360 g/mol. The van der Waals surface area contributed by atoms with Gasteiger partial charge in [-0.25, -0.2) is 4.79 Å². The van der Waals surface area contributed by atoms with E-state index in [9.17, 15) is 9.59 Å². The Morgan fingerprint density at radius 2 is 1.73 bits per heavy atom. The lowest BCUT2D eigenvalue weighted by atomic mass is 9.81. The van der Waals surface area contributed by atoms with Crippen molar-refractivity contribution in [3.63, 3.8) is 0 Å². The van der Waals surface area contributed by atoms with E-state index in [1.54, 1.807) is 0 Å². The van der Waals surface area contributed by atoms with Gasteiger partial charge in [0, 0.05) is 18.4 Å². The Hall–Kier alpha value is -1.84. The first-order chi connectivity index (χ1) is 12.2. The molecule has 2 aliphatic rings. The molecule has 2 rings (SSSR count). The van der Waals surface area contributed by atoms with Gasteiger partial charge < -0.3 is 9.47 Å². The van der Waals surface area contributed by atoms with E-state index < -0.39 is 5.60 Å². The van der Waals surface area contributed by atoms with Gasteiger partial charge in [-0.2, -0.15) is 0 Å². The second-order valence-corrected chi connectivity index (χ2v) is 8.08. The van der Waals surface area contributed by atoms with Crippen molar-refractivity contribution in [1.82, 2.24) is 0 Å². The van der Waals surface area contributed by atoms with Gasteiger partial charge in [0.15, 0.2) is 0 Å². The number of hydrogen-bond acceptors (Lipinski definition) is 4. The highest BCUT2D eigenvalue weighted by Crippen LogP contribution is 2.36. The molecule has 1 aliphatic carbocycles. The average Bonchev–Trinajstić information content (AvgIpc) is 2.86. The summed E-state index contributed by atoms with van der Waals surface area (Å²) in [5, 5.41) is 0. The maximum absolute atomic E-state index is 12.3. The molecule has 0 unspecified atom stereocenters. The minimum atomic E-state index is -0.698. The smallest absolute Gasteiger partial charge is 0.334 e. The number of carbonyl (C=O) groups is 2. The maximum Gasteiger partial charge on any atom is 0.334 e. The van der Waals surface area contributed by atoms with Gasteiger partial charge in [0.25, 0.3) is 0 Å². The third-order valence-corrected chi connectivity index (χ3v) is 5.35. The highest BCUT2D eigenvalue weighted by molar-refractivity contribution is 5.91. The van der Waals surface area contributed by atoms with Crippen LogP contribution in [-0.4, -0.2) is 23.6 Å². The third-order valence-electron chi connectivity index (χ3n) is 5.35. The molecule has 144 valence electrons. The average molecular weight is 360 g/mol. The molecule has 4 nitrogen and oxygen atoms in total. The van der Waals surface area contributed by atoms with Crippen LogP contribution in [0.4, 0.5) is 0 Å². The Morgan fingerprint density at radius 3 is 2.38 bits per heavy atom. The molecule has 0 aromatic rings. The minimum Gasteiger partial charge on any atom is -0.459 e. The molecule has 1 heterocycles. The van der Waals surface area contributed by atoms with Crippen LogP contribution in [0.5, 0.6) is 0 Å². The number of allylic oxidation sites excluding steroid dienone is 4. The van der Waals surface area contributed by atoms with E-state index in [-0.39, 0.29) is 24.0 Å². The van der Waals surface area contributed by atoms with Gasteiger partial charge in [-0.05, 0) is 72.3 Å². The van der Waals surface area contributed by atoms with E-state index >= 15 is 0 Å². The zero-order chi connectivity index (χ0) is 19.3. The summed E-state index contributed by atoms with van der Waals surface area (Å²) in [6.07, 6.45) is 11.5. The molecule has 0 radical (unpaired) electrons. The SMILES string of the molecule is CC(=O)OC(C)(C)[C@H]1CC/C(C)=C\CC/C(C)=C\CCC2=C[C@@H]1OC2=O. The molecule has 2 bridgehead atoms. The van der Waals surface area contributed by atoms with Gasteiger partial charge in [0.2, 0.25) is 0 Å². The van der Waals surface area contributed by atoms with E-state index in [1.165, 1.54) is 18.1 Å². The summed E-state index contributed by atoms with van der Waals surface area (Å²) in [6, 6.07) is 0. The number of rotatable bonds is 2. The summed E-state index contributed by atoms with van der Waals surface area (Å²) in [5.41, 5.74) is 2.74. The van der Waals surface area contributed by atoms with Crippen molar-refractivity contribution in [2.75, 3.05) is 0 Å². The molecule has 0 amide bonds. The van der Waals surface area contributed by atoms with Crippen LogP contribution in [0.15, 0.2) is 34.9 Å². The molecule has 0 saturated heterocycles. The van der Waals surface area contributed by atoms with Gasteiger partial charge >= 0.3 is 11.9 Å². The van der Waals surface area contributed by atoms with E-state index in [0.29, 0.717) is 6.42 Å². The third kappa shape index (κ3) is 5.58. The van der Waals surface area contributed by atoms with Crippen molar-refractivity contribution in [3.05, 3.63) is 34.9 Å². The summed E-state index contributed by atoms with van der Waals surface area (Å²) in [6.45, 7) is 9.53. The Labute approximate surface area is 157 Å². The van der Waals surface area contributed by atoms with Gasteiger partial charge in [0.1, 0.15) is 11.7 Å². The van der Waals surface area contributed by atoms with E-state index in [2.05, 4.69) is 26.0 Å². The van der Waals surface area contributed by atoms with E-state index in [1.807, 2.05) is 19.9 Å². The largest absolute Gasteiger partial charge is 0.459 e. The van der Waals surface area contributed by atoms with Crippen LogP contribution in [0.25, 0.3) is 0 Å². The summed E-state index contributed by atoms with van der Waals surface area (Å²) >= 11 is 0. The zero-order valence-corrected chi connectivity index (χ0v) is 16.8. The lowest BCUT2D eigenvalue weighted by Gasteiger charge is -2.36. The fourth-order valence-electron chi connectivity index (χ4n) is 3.84. The fourth-order valence-corrected chi connectivity index (χ4v) is 3.84. The summed E-state index contributed by atoms with van der Waals surface area (Å²) in [5.74, 6) is -0.612.